The molecule has 5 rings (SSSR count). The van der Waals surface area contributed by atoms with E-state index in [-0.39, 0.29) is 49.6 Å². The molecule has 0 saturated carbocycles. The molecule has 11 nitrogen and oxygen atoms in total. The van der Waals surface area contributed by atoms with Gasteiger partial charge in [-0.3, -0.25) is 0 Å². The van der Waals surface area contributed by atoms with Crippen LogP contribution in [0, 0.1) is 0 Å². The van der Waals surface area contributed by atoms with Crippen molar-refractivity contribution in [2.24, 2.45) is 0 Å². The Bertz CT molecular complexity index is 1740. The van der Waals surface area contributed by atoms with E-state index in [0.717, 1.165) is 12.0 Å². The highest BCUT2D eigenvalue weighted by atomic mass is 28.3. The Balaban J connectivity index is 1.25. The SMILES string of the molecule is C[Si](C)(C)CCCOCC(O)COc1ccc(-c2nc(-c3ccccc3)nc(-c3ccc(OCC(O)COCC4C[Si]4(C)C)cc3O)n2)c(O)c1. The summed E-state index contributed by atoms with van der Waals surface area (Å²) in [5.74, 6) is 1.22. The monoisotopic (exact) mass is 733 g/mol. The lowest BCUT2D eigenvalue weighted by molar-refractivity contribution is 0.0122. The van der Waals surface area contributed by atoms with E-state index in [2.05, 4.69) is 47.7 Å². The van der Waals surface area contributed by atoms with Crippen LogP contribution in [0.3, 0.4) is 0 Å². The topological polar surface area (TPSA) is 157 Å². The molecule has 1 fully saturated rings. The van der Waals surface area contributed by atoms with Gasteiger partial charge in [0.05, 0.1) is 32.4 Å². The zero-order chi connectivity index (χ0) is 36.6. The standard InChI is InChI=1S/C38H51N3O8Si2/c1-50(2,3)17-9-16-46-20-27(42)22-48-29-12-14-32(34(44)18-29)37-39-36(26-10-7-6-8-11-26)40-38(41-37)33-15-13-30(19-35(33)45)49-23-28(43)21-47-24-31-25-51(31,4)5/h6-8,10-15,18-19,27-28,31,42-45H,9,16-17,20-25H2,1-5H3. The highest BCUT2D eigenvalue weighted by Crippen LogP contribution is 2.48. The Morgan fingerprint density at radius 3 is 1.73 bits per heavy atom. The van der Waals surface area contributed by atoms with Crippen molar-refractivity contribution in [1.82, 2.24) is 15.0 Å². The van der Waals surface area contributed by atoms with Crippen LogP contribution in [0.1, 0.15) is 6.42 Å². The smallest absolute Gasteiger partial charge is 0.167 e. The van der Waals surface area contributed by atoms with Crippen molar-refractivity contribution in [1.29, 1.82) is 0 Å². The molecule has 51 heavy (non-hydrogen) atoms. The van der Waals surface area contributed by atoms with E-state index in [4.69, 9.17) is 18.9 Å². The van der Waals surface area contributed by atoms with Gasteiger partial charge in [-0.2, -0.15) is 0 Å². The Morgan fingerprint density at radius 2 is 1.24 bits per heavy atom. The molecule has 1 aliphatic heterocycles. The van der Waals surface area contributed by atoms with Crippen LogP contribution in [0.25, 0.3) is 34.2 Å². The Labute approximate surface area is 302 Å². The largest absolute Gasteiger partial charge is 0.507 e. The van der Waals surface area contributed by atoms with Gasteiger partial charge in [0.15, 0.2) is 17.5 Å². The first kappa shape index (κ1) is 38.4. The molecule has 0 spiro atoms. The van der Waals surface area contributed by atoms with Crippen LogP contribution in [0.5, 0.6) is 23.0 Å². The number of rotatable bonds is 19. The fraction of sp³-hybridized carbons (Fsp3) is 0.447. The minimum Gasteiger partial charge on any atom is -0.507 e. The van der Waals surface area contributed by atoms with E-state index in [0.29, 0.717) is 47.2 Å². The molecule has 1 aliphatic rings. The van der Waals surface area contributed by atoms with Gasteiger partial charge in [0.25, 0.3) is 0 Å². The fourth-order valence-electron chi connectivity index (χ4n) is 5.53. The van der Waals surface area contributed by atoms with E-state index in [9.17, 15) is 20.4 Å². The molecule has 3 unspecified atom stereocenters. The highest BCUT2D eigenvalue weighted by Gasteiger charge is 2.47. The summed E-state index contributed by atoms with van der Waals surface area (Å²) < 4.78 is 22.8. The molecule has 4 N–H and O–H groups in total. The van der Waals surface area contributed by atoms with Crippen LogP contribution in [0.15, 0.2) is 66.7 Å². The summed E-state index contributed by atoms with van der Waals surface area (Å²) in [6.45, 7) is 13.3. The molecule has 13 heteroatoms. The first-order valence-corrected chi connectivity index (χ1v) is 24.5. The lowest BCUT2D eigenvalue weighted by Crippen LogP contribution is -2.24. The zero-order valence-corrected chi connectivity index (χ0v) is 32.2. The molecule has 0 bridgehead atoms. The molecule has 4 aromatic rings. The zero-order valence-electron chi connectivity index (χ0n) is 30.2. The van der Waals surface area contributed by atoms with E-state index in [1.165, 1.54) is 24.2 Å². The van der Waals surface area contributed by atoms with Crippen LogP contribution < -0.4 is 9.47 Å². The van der Waals surface area contributed by atoms with Crippen molar-refractivity contribution >= 4 is 16.1 Å². The molecule has 0 amide bonds. The maximum absolute atomic E-state index is 11.0. The first-order valence-electron chi connectivity index (χ1n) is 17.5. The second-order valence-corrected chi connectivity index (χ2v) is 25.9. The van der Waals surface area contributed by atoms with Crippen molar-refractivity contribution < 1.29 is 39.4 Å². The normalized spacial score (nSPS) is 16.4. The van der Waals surface area contributed by atoms with Crippen molar-refractivity contribution in [3.8, 4) is 57.2 Å². The lowest BCUT2D eigenvalue weighted by Gasteiger charge is -2.16. The number of nitrogens with zero attached hydrogens (tertiary/aromatic N) is 3. The number of hydrogen-bond acceptors (Lipinski definition) is 11. The third-order valence-electron chi connectivity index (χ3n) is 8.84. The summed E-state index contributed by atoms with van der Waals surface area (Å²) in [6, 6.07) is 21.3. The van der Waals surface area contributed by atoms with Crippen LogP contribution in [0.4, 0.5) is 0 Å². The molecule has 2 heterocycles. The first-order chi connectivity index (χ1) is 24.3. The Kier molecular flexibility index (Phi) is 12.9. The van der Waals surface area contributed by atoms with E-state index < -0.39 is 28.4 Å². The highest BCUT2D eigenvalue weighted by molar-refractivity contribution is 6.89. The Hall–Kier alpha value is -3.86. The van der Waals surface area contributed by atoms with Crippen molar-refractivity contribution in [2.45, 2.75) is 69.0 Å². The summed E-state index contributed by atoms with van der Waals surface area (Å²) in [5, 5.41) is 42.8. The maximum atomic E-state index is 11.0. The number of aliphatic hydroxyl groups excluding tert-OH is 2. The fourth-order valence-corrected chi connectivity index (χ4v) is 9.79. The number of hydrogen-bond donors (Lipinski definition) is 4. The van der Waals surface area contributed by atoms with Crippen molar-refractivity contribution in [2.75, 3.05) is 39.6 Å². The summed E-state index contributed by atoms with van der Waals surface area (Å²) in [7, 11) is -2.16. The van der Waals surface area contributed by atoms with Gasteiger partial charge in [-0.1, -0.05) is 75.2 Å². The quantitative estimate of drug-likeness (QED) is 0.0607. The molecule has 3 atom stereocenters. The summed E-state index contributed by atoms with van der Waals surface area (Å²) >= 11 is 0. The molecule has 274 valence electrons. The summed E-state index contributed by atoms with van der Waals surface area (Å²) in [5.41, 5.74) is 2.05. The number of aromatic hydroxyl groups is 2. The number of aromatic nitrogens is 3. The van der Waals surface area contributed by atoms with Crippen LogP contribution in [-0.2, 0) is 9.47 Å². The molecule has 0 radical (unpaired) electrons. The average Bonchev–Trinajstić information content (AvgIpc) is 3.71. The second-order valence-electron chi connectivity index (χ2n) is 15.1. The van der Waals surface area contributed by atoms with Gasteiger partial charge in [0, 0.05) is 39.0 Å². The molecular formula is C38H51N3O8Si2. The average molecular weight is 734 g/mol. The van der Waals surface area contributed by atoms with Gasteiger partial charge < -0.3 is 39.4 Å². The van der Waals surface area contributed by atoms with E-state index in [1.807, 2.05) is 30.3 Å². The minimum absolute atomic E-state index is 0.00672. The van der Waals surface area contributed by atoms with Gasteiger partial charge in [0.2, 0.25) is 0 Å². The molecule has 1 aromatic heterocycles. The number of aliphatic hydroxyl groups is 2. The summed E-state index contributed by atoms with van der Waals surface area (Å²) in [6.07, 6.45) is -0.634. The van der Waals surface area contributed by atoms with Gasteiger partial charge in [-0.25, -0.2) is 15.0 Å². The number of phenols is 2. The molecular weight excluding hydrogens is 683 g/mol. The van der Waals surface area contributed by atoms with Gasteiger partial charge in [0.1, 0.15) is 48.4 Å². The predicted molar refractivity (Wildman–Crippen MR) is 203 cm³/mol. The third-order valence-corrected chi connectivity index (χ3v) is 14.3. The maximum Gasteiger partial charge on any atom is 0.167 e. The van der Waals surface area contributed by atoms with Crippen molar-refractivity contribution in [3.63, 3.8) is 0 Å². The third kappa shape index (κ3) is 11.6. The van der Waals surface area contributed by atoms with Gasteiger partial charge in [-0.05, 0) is 36.2 Å². The molecule has 3 aromatic carbocycles. The number of phenolic OH excluding ortho intramolecular Hbond substituents is 2. The number of benzene rings is 3. The second kappa shape index (κ2) is 17.1. The summed E-state index contributed by atoms with van der Waals surface area (Å²) in [4.78, 5) is 13.9. The van der Waals surface area contributed by atoms with Crippen LogP contribution in [0.2, 0.25) is 50.4 Å². The molecule has 0 aliphatic carbocycles. The molecule has 1 saturated heterocycles. The Morgan fingerprint density at radius 1 is 0.725 bits per heavy atom. The predicted octanol–water partition coefficient (Wildman–Crippen LogP) is 6.62. The van der Waals surface area contributed by atoms with Gasteiger partial charge >= 0.3 is 0 Å². The van der Waals surface area contributed by atoms with Crippen molar-refractivity contribution in [3.05, 3.63) is 66.7 Å². The van der Waals surface area contributed by atoms with E-state index >= 15 is 0 Å². The van der Waals surface area contributed by atoms with E-state index in [1.54, 1.807) is 24.3 Å². The van der Waals surface area contributed by atoms with Crippen LogP contribution in [-0.4, -0.2) is 103 Å². The van der Waals surface area contributed by atoms with Gasteiger partial charge in [-0.15, -0.1) is 0 Å². The lowest BCUT2D eigenvalue weighted by atomic mass is 10.1. The van der Waals surface area contributed by atoms with Crippen LogP contribution >= 0.6 is 0 Å². The number of ether oxygens (including phenoxy) is 4. The minimum atomic E-state index is -1.12.